The van der Waals surface area contributed by atoms with E-state index in [-0.39, 0.29) is 16.2 Å². The van der Waals surface area contributed by atoms with Gasteiger partial charge in [0.2, 0.25) is 0 Å². The molecule has 0 saturated heterocycles. The molecule has 276 valence electrons. The normalized spacial score (nSPS) is 13.9. The highest BCUT2D eigenvalue weighted by Gasteiger charge is 2.36. The van der Waals surface area contributed by atoms with Crippen LogP contribution in [0.1, 0.15) is 77.6 Å². The lowest BCUT2D eigenvalue weighted by Crippen LogP contribution is -2.16. The fourth-order valence-electron chi connectivity index (χ4n) is 9.17. The Hall–Kier alpha value is -6.06. The van der Waals surface area contributed by atoms with E-state index in [1.54, 1.807) is 0 Å². The first-order valence-corrected chi connectivity index (χ1v) is 19.8. The summed E-state index contributed by atoms with van der Waals surface area (Å²) < 4.78 is 13.6. The summed E-state index contributed by atoms with van der Waals surface area (Å²) in [5.74, 6) is 0. The molecule has 2 heterocycles. The first kappa shape index (κ1) is 34.4. The first-order valence-electron chi connectivity index (χ1n) is 19.8. The summed E-state index contributed by atoms with van der Waals surface area (Å²) in [6, 6.07) is 50.8. The summed E-state index contributed by atoms with van der Waals surface area (Å²) >= 11 is 0. The minimum absolute atomic E-state index is 0.0441. The van der Waals surface area contributed by atoms with Gasteiger partial charge in [0.25, 0.3) is 0 Å². The molecule has 0 fully saturated rings. The van der Waals surface area contributed by atoms with Crippen LogP contribution < -0.4 is 4.90 Å². The van der Waals surface area contributed by atoms with Crippen LogP contribution in [0.3, 0.4) is 0 Å². The van der Waals surface area contributed by atoms with Gasteiger partial charge in [-0.05, 0) is 98.3 Å². The van der Waals surface area contributed by atoms with Crippen LogP contribution in [-0.4, -0.2) is 0 Å². The highest BCUT2D eigenvalue weighted by molar-refractivity contribution is 6.16. The predicted octanol–water partition coefficient (Wildman–Crippen LogP) is 15.5. The molecule has 3 heteroatoms. The molecule has 56 heavy (non-hydrogen) atoms. The second-order valence-corrected chi connectivity index (χ2v) is 18.2. The van der Waals surface area contributed by atoms with Crippen molar-refractivity contribution in [2.45, 2.75) is 71.6 Å². The summed E-state index contributed by atoms with van der Waals surface area (Å²) in [7, 11) is 0. The van der Waals surface area contributed by atoms with Gasteiger partial charge in [-0.1, -0.05) is 140 Å². The maximum atomic E-state index is 6.91. The van der Waals surface area contributed by atoms with Crippen LogP contribution in [-0.2, 0) is 16.2 Å². The molecular weight excluding hydrogens is 683 g/mol. The van der Waals surface area contributed by atoms with E-state index in [1.165, 1.54) is 44.5 Å². The third-order valence-corrected chi connectivity index (χ3v) is 12.1. The SMILES string of the molecule is CC(C)(C)c1cc(C(C)(C)C)c2oc3cccc(N(c4ccc5c(c4)-c4ccccc4C5(C)C)c4ccc5c(c4)oc4cccc(-c6ccccc6)c45)c3c2c1. The fraction of sp³-hybridized carbons (Fsp3) is 0.208. The summed E-state index contributed by atoms with van der Waals surface area (Å²) in [6.45, 7) is 18.4. The molecule has 0 amide bonds. The van der Waals surface area contributed by atoms with Crippen LogP contribution in [0.15, 0.2) is 148 Å². The lowest BCUT2D eigenvalue weighted by atomic mass is 9.79. The van der Waals surface area contributed by atoms with E-state index < -0.39 is 0 Å². The zero-order chi connectivity index (χ0) is 38.7. The second-order valence-electron chi connectivity index (χ2n) is 18.2. The van der Waals surface area contributed by atoms with Gasteiger partial charge < -0.3 is 13.7 Å². The van der Waals surface area contributed by atoms with Crippen molar-refractivity contribution in [2.75, 3.05) is 4.90 Å². The molecule has 0 unspecified atom stereocenters. The van der Waals surface area contributed by atoms with Crippen molar-refractivity contribution in [2.24, 2.45) is 0 Å². The first-order chi connectivity index (χ1) is 26.8. The third-order valence-electron chi connectivity index (χ3n) is 12.1. The minimum Gasteiger partial charge on any atom is -0.456 e. The molecule has 10 rings (SSSR count). The van der Waals surface area contributed by atoms with Crippen molar-refractivity contribution in [3.63, 3.8) is 0 Å². The van der Waals surface area contributed by atoms with Crippen molar-refractivity contribution in [1.29, 1.82) is 0 Å². The van der Waals surface area contributed by atoms with Gasteiger partial charge in [0.05, 0.1) is 11.1 Å². The molecule has 3 nitrogen and oxygen atoms in total. The predicted molar refractivity (Wildman–Crippen MR) is 236 cm³/mol. The lowest BCUT2D eigenvalue weighted by Gasteiger charge is -2.28. The number of nitrogens with zero attached hydrogens (tertiary/aromatic N) is 1. The quantitative estimate of drug-likeness (QED) is 0.181. The molecule has 1 aliphatic carbocycles. The van der Waals surface area contributed by atoms with Crippen LogP contribution in [0.2, 0.25) is 0 Å². The molecule has 0 spiro atoms. The van der Waals surface area contributed by atoms with E-state index in [2.05, 4.69) is 200 Å². The smallest absolute Gasteiger partial charge is 0.139 e. The average molecular weight is 730 g/mol. The Morgan fingerprint density at radius 1 is 0.482 bits per heavy atom. The number of fused-ring (bicyclic) bond motifs is 9. The molecule has 2 aromatic heterocycles. The molecule has 0 atom stereocenters. The number of rotatable bonds is 4. The van der Waals surface area contributed by atoms with Gasteiger partial charge in [0.1, 0.15) is 22.3 Å². The van der Waals surface area contributed by atoms with Gasteiger partial charge in [0, 0.05) is 44.6 Å². The number of hydrogen-bond acceptors (Lipinski definition) is 3. The molecule has 9 aromatic rings. The standard InChI is InChI=1S/C53H47NO2/c1-51(2,3)33-28-40-49-44(21-15-23-46(49)56-50(40)43(29-33)52(4,5)6)54(34-25-27-42-39(30-34)37-18-12-13-20-41(37)53(42,7)8)35-24-26-38-47(31-35)55-45-22-14-19-36(48(38)45)32-16-10-9-11-17-32/h9-31H,1-8H3. The topological polar surface area (TPSA) is 29.5 Å². The van der Waals surface area contributed by atoms with Crippen molar-refractivity contribution < 1.29 is 8.83 Å². The molecule has 0 bridgehead atoms. The van der Waals surface area contributed by atoms with Gasteiger partial charge in [-0.25, -0.2) is 0 Å². The number of hydrogen-bond donors (Lipinski definition) is 0. The Labute approximate surface area is 329 Å². The Bertz CT molecular complexity index is 3020. The average Bonchev–Trinajstić information content (AvgIpc) is 3.82. The van der Waals surface area contributed by atoms with Crippen LogP contribution in [0.4, 0.5) is 17.1 Å². The van der Waals surface area contributed by atoms with Crippen molar-refractivity contribution in [3.8, 4) is 22.3 Å². The van der Waals surface area contributed by atoms with E-state index in [0.717, 1.165) is 60.9 Å². The maximum Gasteiger partial charge on any atom is 0.139 e. The lowest BCUT2D eigenvalue weighted by molar-refractivity contribution is 0.559. The van der Waals surface area contributed by atoms with Gasteiger partial charge in [-0.2, -0.15) is 0 Å². The fourth-order valence-corrected chi connectivity index (χ4v) is 9.17. The van der Waals surface area contributed by atoms with Crippen LogP contribution >= 0.6 is 0 Å². The molecule has 0 radical (unpaired) electrons. The van der Waals surface area contributed by atoms with E-state index in [0.29, 0.717) is 0 Å². The van der Waals surface area contributed by atoms with Gasteiger partial charge in [-0.15, -0.1) is 0 Å². The minimum atomic E-state index is -0.113. The van der Waals surface area contributed by atoms with E-state index in [9.17, 15) is 0 Å². The van der Waals surface area contributed by atoms with Gasteiger partial charge >= 0.3 is 0 Å². The van der Waals surface area contributed by atoms with Crippen LogP contribution in [0.25, 0.3) is 66.1 Å². The zero-order valence-electron chi connectivity index (χ0n) is 33.5. The van der Waals surface area contributed by atoms with Crippen molar-refractivity contribution in [1.82, 2.24) is 0 Å². The maximum absolute atomic E-state index is 6.91. The molecule has 0 saturated carbocycles. The third kappa shape index (κ3) is 5.17. The largest absolute Gasteiger partial charge is 0.456 e. The van der Waals surface area contributed by atoms with E-state index in [1.807, 2.05) is 0 Å². The van der Waals surface area contributed by atoms with Crippen LogP contribution in [0.5, 0.6) is 0 Å². The molecule has 7 aromatic carbocycles. The number of anilines is 3. The summed E-state index contributed by atoms with van der Waals surface area (Å²) in [6.07, 6.45) is 0. The zero-order valence-corrected chi connectivity index (χ0v) is 33.5. The van der Waals surface area contributed by atoms with Gasteiger partial charge in [-0.3, -0.25) is 0 Å². The summed E-state index contributed by atoms with van der Waals surface area (Å²) in [5, 5.41) is 4.49. The monoisotopic (exact) mass is 729 g/mol. The van der Waals surface area contributed by atoms with Gasteiger partial charge in [0.15, 0.2) is 0 Å². The summed E-state index contributed by atoms with van der Waals surface area (Å²) in [5.41, 5.74) is 16.7. The Kier molecular flexibility index (Phi) is 7.36. The number of benzene rings is 7. The van der Waals surface area contributed by atoms with Crippen molar-refractivity contribution in [3.05, 3.63) is 162 Å². The Balaban J connectivity index is 1.27. The highest BCUT2D eigenvalue weighted by atomic mass is 16.3. The molecular formula is C53H47NO2. The molecule has 1 aliphatic rings. The Morgan fingerprint density at radius 3 is 1.91 bits per heavy atom. The summed E-state index contributed by atoms with van der Waals surface area (Å²) in [4.78, 5) is 2.41. The number of furan rings is 2. The molecule has 0 N–H and O–H groups in total. The van der Waals surface area contributed by atoms with E-state index >= 15 is 0 Å². The Morgan fingerprint density at radius 2 is 1.14 bits per heavy atom. The van der Waals surface area contributed by atoms with E-state index in [4.69, 9.17) is 8.83 Å². The highest BCUT2D eigenvalue weighted by Crippen LogP contribution is 2.52. The van der Waals surface area contributed by atoms with Crippen molar-refractivity contribution >= 4 is 60.9 Å². The second kappa shape index (κ2) is 12.0. The molecule has 0 aliphatic heterocycles. The van der Waals surface area contributed by atoms with Crippen LogP contribution in [0, 0.1) is 0 Å².